The molecule has 26 heavy (non-hydrogen) atoms. The van der Waals surface area contributed by atoms with Crippen molar-refractivity contribution in [2.45, 2.75) is 0 Å². The van der Waals surface area contributed by atoms with Gasteiger partial charge in [-0.3, -0.25) is 19.7 Å². The van der Waals surface area contributed by atoms with Gasteiger partial charge in [0.15, 0.2) is 5.69 Å². The van der Waals surface area contributed by atoms with Crippen LogP contribution < -0.4 is 15.4 Å². The van der Waals surface area contributed by atoms with E-state index >= 15 is 0 Å². The summed E-state index contributed by atoms with van der Waals surface area (Å²) >= 11 is 0. The highest BCUT2D eigenvalue weighted by Crippen LogP contribution is 2.23. The third-order valence-electron chi connectivity index (χ3n) is 3.45. The lowest BCUT2D eigenvalue weighted by Gasteiger charge is -2.10. The fourth-order valence-corrected chi connectivity index (χ4v) is 2.26. The number of halogens is 1. The number of carbonyl (C=O) groups excluding carboxylic acids is 2. The van der Waals surface area contributed by atoms with Gasteiger partial charge >= 0.3 is 0 Å². The molecule has 0 aliphatic carbocycles. The van der Waals surface area contributed by atoms with Crippen molar-refractivity contribution in [2.75, 3.05) is 17.7 Å². The minimum atomic E-state index is -0.767. The van der Waals surface area contributed by atoms with Gasteiger partial charge in [0.2, 0.25) is 0 Å². The third-order valence-corrected chi connectivity index (χ3v) is 3.45. The summed E-state index contributed by atoms with van der Waals surface area (Å²) < 4.78 is 19.0. The van der Waals surface area contributed by atoms with Gasteiger partial charge in [-0.1, -0.05) is 6.07 Å². The van der Waals surface area contributed by atoms with Crippen LogP contribution in [-0.4, -0.2) is 34.1 Å². The van der Waals surface area contributed by atoms with E-state index in [9.17, 15) is 14.0 Å². The van der Waals surface area contributed by atoms with Crippen LogP contribution in [0, 0.1) is 5.82 Å². The summed E-state index contributed by atoms with van der Waals surface area (Å²) in [4.78, 5) is 28.7. The summed E-state index contributed by atoms with van der Waals surface area (Å²) in [6.45, 7) is 0. The molecule has 3 N–H and O–H groups in total. The van der Waals surface area contributed by atoms with Gasteiger partial charge in [-0.25, -0.2) is 4.39 Å². The third kappa shape index (κ3) is 3.51. The lowest BCUT2D eigenvalue weighted by Crippen LogP contribution is -2.19. The van der Waals surface area contributed by atoms with Crippen LogP contribution in [0.15, 0.2) is 48.9 Å². The zero-order valence-corrected chi connectivity index (χ0v) is 13.6. The Bertz CT molecular complexity index is 943. The molecule has 0 aliphatic heterocycles. The monoisotopic (exact) mass is 355 g/mol. The second-order valence-corrected chi connectivity index (χ2v) is 5.11. The van der Waals surface area contributed by atoms with E-state index in [2.05, 4.69) is 25.8 Å². The predicted octanol–water partition coefficient (Wildman–Crippen LogP) is 2.46. The second-order valence-electron chi connectivity index (χ2n) is 5.11. The van der Waals surface area contributed by atoms with Gasteiger partial charge in [0.25, 0.3) is 11.8 Å². The molecule has 0 aliphatic rings. The van der Waals surface area contributed by atoms with Gasteiger partial charge in [0, 0.05) is 12.4 Å². The van der Waals surface area contributed by atoms with E-state index in [0.717, 1.165) is 6.07 Å². The molecule has 0 saturated heterocycles. The lowest BCUT2D eigenvalue weighted by atomic mass is 10.1. The number of rotatable bonds is 5. The second kappa shape index (κ2) is 7.43. The number of hydrogen-bond donors (Lipinski definition) is 3. The van der Waals surface area contributed by atoms with Gasteiger partial charge in [0.1, 0.15) is 17.1 Å². The summed E-state index contributed by atoms with van der Waals surface area (Å²) in [5, 5.41) is 11.4. The Hall–Kier alpha value is -3.75. The van der Waals surface area contributed by atoms with Gasteiger partial charge in [0.05, 0.1) is 24.7 Å². The number of pyridine rings is 1. The number of ether oxygens (including phenoxy) is 1. The zero-order valence-electron chi connectivity index (χ0n) is 13.6. The zero-order chi connectivity index (χ0) is 18.5. The molecule has 132 valence electrons. The Labute approximate surface area is 147 Å². The molecule has 0 unspecified atom stereocenters. The Morgan fingerprint density at radius 3 is 2.73 bits per heavy atom. The van der Waals surface area contributed by atoms with Crippen LogP contribution in [0.3, 0.4) is 0 Å². The first-order valence-electron chi connectivity index (χ1n) is 7.49. The van der Waals surface area contributed by atoms with Gasteiger partial charge < -0.3 is 15.4 Å². The van der Waals surface area contributed by atoms with Crippen LogP contribution in [0.5, 0.6) is 5.75 Å². The predicted molar refractivity (Wildman–Crippen MR) is 91.7 cm³/mol. The quantitative estimate of drug-likeness (QED) is 0.651. The smallest absolute Gasteiger partial charge is 0.278 e. The number of methoxy groups -OCH3 is 1. The van der Waals surface area contributed by atoms with Crippen molar-refractivity contribution in [1.29, 1.82) is 0 Å². The highest BCUT2D eigenvalue weighted by atomic mass is 19.1. The summed E-state index contributed by atoms with van der Waals surface area (Å²) in [5.74, 6) is -1.99. The number of amides is 2. The topological polar surface area (TPSA) is 109 Å². The minimum absolute atomic E-state index is 0.0579. The molecular weight excluding hydrogens is 341 g/mol. The number of nitrogens with one attached hydrogen (secondary N) is 3. The standard InChI is InChI=1S/C17H14FN5O3/c1-26-13-6-2-5-11(18)14(13)16(24)22-12-9-20-23-15(12)17(25)21-10-4-3-7-19-8-10/h2-9H,1H3,(H,20,23)(H,21,25)(H,22,24). The van der Waals surface area contributed by atoms with E-state index in [1.165, 1.54) is 31.6 Å². The molecule has 1 aromatic carbocycles. The van der Waals surface area contributed by atoms with E-state index in [0.29, 0.717) is 5.69 Å². The molecule has 0 bridgehead atoms. The van der Waals surface area contributed by atoms with Crippen LogP contribution in [0.25, 0.3) is 0 Å². The van der Waals surface area contributed by atoms with Crippen molar-refractivity contribution < 1.29 is 18.7 Å². The molecule has 2 aromatic heterocycles. The number of carbonyl (C=O) groups is 2. The molecule has 9 heteroatoms. The average molecular weight is 355 g/mol. The summed E-state index contributed by atoms with van der Waals surface area (Å²) in [5.41, 5.74) is 0.238. The number of aromatic amines is 1. The Balaban J connectivity index is 1.81. The largest absolute Gasteiger partial charge is 0.496 e. The van der Waals surface area contributed by atoms with Crippen molar-refractivity contribution in [3.63, 3.8) is 0 Å². The van der Waals surface area contributed by atoms with E-state index in [4.69, 9.17) is 4.74 Å². The minimum Gasteiger partial charge on any atom is -0.496 e. The van der Waals surface area contributed by atoms with Crippen LogP contribution >= 0.6 is 0 Å². The van der Waals surface area contributed by atoms with E-state index in [-0.39, 0.29) is 22.7 Å². The molecule has 0 fully saturated rings. The van der Waals surface area contributed by atoms with E-state index in [1.807, 2.05) is 0 Å². The molecule has 0 spiro atoms. The van der Waals surface area contributed by atoms with Crippen molar-refractivity contribution >= 4 is 23.2 Å². The summed E-state index contributed by atoms with van der Waals surface area (Å²) in [6, 6.07) is 7.34. The molecule has 2 heterocycles. The van der Waals surface area contributed by atoms with Crippen LogP contribution in [0.1, 0.15) is 20.8 Å². The average Bonchev–Trinajstić information content (AvgIpc) is 3.10. The fraction of sp³-hybridized carbons (Fsp3) is 0.0588. The van der Waals surface area contributed by atoms with Crippen LogP contribution in [-0.2, 0) is 0 Å². The number of aromatic nitrogens is 3. The number of anilines is 2. The van der Waals surface area contributed by atoms with Crippen molar-refractivity contribution in [2.24, 2.45) is 0 Å². The Kier molecular flexibility index (Phi) is 4.88. The van der Waals surface area contributed by atoms with Crippen molar-refractivity contribution in [3.8, 4) is 5.75 Å². The number of nitrogens with zero attached hydrogens (tertiary/aromatic N) is 2. The molecule has 0 radical (unpaired) electrons. The number of H-pyrrole nitrogens is 1. The molecule has 3 aromatic rings. The first-order valence-corrected chi connectivity index (χ1v) is 7.49. The molecule has 0 saturated carbocycles. The molecular formula is C17H14FN5O3. The maximum atomic E-state index is 14.0. The normalized spacial score (nSPS) is 10.2. The Morgan fingerprint density at radius 2 is 2.00 bits per heavy atom. The molecule has 8 nitrogen and oxygen atoms in total. The first kappa shape index (κ1) is 17.1. The van der Waals surface area contributed by atoms with Crippen molar-refractivity contribution in [1.82, 2.24) is 15.2 Å². The van der Waals surface area contributed by atoms with Crippen LogP contribution in [0.2, 0.25) is 0 Å². The summed E-state index contributed by atoms with van der Waals surface area (Å²) in [7, 11) is 1.33. The van der Waals surface area contributed by atoms with Crippen molar-refractivity contribution in [3.05, 3.63) is 66.0 Å². The number of hydrogen-bond acceptors (Lipinski definition) is 5. The highest BCUT2D eigenvalue weighted by molar-refractivity contribution is 6.12. The molecule has 2 amide bonds. The molecule has 3 rings (SSSR count). The van der Waals surface area contributed by atoms with E-state index < -0.39 is 17.6 Å². The molecule has 0 atom stereocenters. The van der Waals surface area contributed by atoms with Gasteiger partial charge in [-0.05, 0) is 24.3 Å². The van der Waals surface area contributed by atoms with E-state index in [1.54, 1.807) is 18.3 Å². The van der Waals surface area contributed by atoms with Gasteiger partial charge in [-0.15, -0.1) is 0 Å². The first-order chi connectivity index (χ1) is 12.6. The Morgan fingerprint density at radius 1 is 1.15 bits per heavy atom. The fourth-order valence-electron chi connectivity index (χ4n) is 2.26. The SMILES string of the molecule is COc1cccc(F)c1C(=O)Nc1c[nH]nc1C(=O)Nc1cccnc1. The maximum Gasteiger partial charge on any atom is 0.278 e. The summed E-state index contributed by atoms with van der Waals surface area (Å²) in [6.07, 6.45) is 4.36. The number of benzene rings is 1. The highest BCUT2D eigenvalue weighted by Gasteiger charge is 2.22. The maximum absolute atomic E-state index is 14.0. The van der Waals surface area contributed by atoms with Crippen LogP contribution in [0.4, 0.5) is 15.8 Å². The lowest BCUT2D eigenvalue weighted by molar-refractivity contribution is 0.102. The van der Waals surface area contributed by atoms with Gasteiger partial charge in [-0.2, -0.15) is 5.10 Å².